The number of ether oxygens (including phenoxy) is 1. The topological polar surface area (TPSA) is 67.4 Å². The molecule has 1 fully saturated rings. The Bertz CT molecular complexity index is 793. The molecule has 0 radical (unpaired) electrons. The van der Waals surface area contributed by atoms with Crippen molar-refractivity contribution in [3.63, 3.8) is 0 Å². The van der Waals surface area contributed by atoms with Gasteiger partial charge in [-0.3, -0.25) is 4.79 Å². The molecule has 0 atom stereocenters. The molecule has 0 saturated carbocycles. The molecule has 1 saturated heterocycles. The first-order valence-corrected chi connectivity index (χ1v) is 8.07. The van der Waals surface area contributed by atoms with E-state index in [-0.39, 0.29) is 28.1 Å². The Morgan fingerprint density at radius 3 is 2.50 bits per heavy atom. The predicted molar refractivity (Wildman–Crippen MR) is 88.5 cm³/mol. The van der Waals surface area contributed by atoms with Crippen LogP contribution in [0.4, 0.5) is 24.7 Å². The van der Waals surface area contributed by atoms with Gasteiger partial charge in [-0.05, 0) is 30.3 Å². The summed E-state index contributed by atoms with van der Waals surface area (Å²) in [4.78, 5) is 13.9. The molecule has 0 aliphatic carbocycles. The minimum Gasteiger partial charge on any atom is -0.378 e. The van der Waals surface area contributed by atoms with Gasteiger partial charge in [-0.2, -0.15) is 13.2 Å². The molecule has 6 nitrogen and oxygen atoms in total. The maximum Gasteiger partial charge on any atom is 0.416 e. The van der Waals surface area contributed by atoms with E-state index >= 15 is 0 Å². The molecule has 0 bridgehead atoms. The Hall–Kier alpha value is -2.39. The van der Waals surface area contributed by atoms with Crippen molar-refractivity contribution in [3.05, 3.63) is 46.6 Å². The van der Waals surface area contributed by atoms with Crippen molar-refractivity contribution in [2.45, 2.75) is 6.18 Å². The van der Waals surface area contributed by atoms with E-state index in [2.05, 4.69) is 15.5 Å². The molecule has 26 heavy (non-hydrogen) atoms. The molecule has 0 unspecified atom stereocenters. The number of hydrogen-bond donors (Lipinski definition) is 1. The van der Waals surface area contributed by atoms with Crippen LogP contribution in [0, 0.1) is 0 Å². The van der Waals surface area contributed by atoms with Gasteiger partial charge in [0.2, 0.25) is 0 Å². The standard InChI is InChI=1S/C16H14ClF3N4O2/c17-11-2-1-10(16(18,19)20)9-13(11)21-14-4-3-12(22-23-14)15(25)24-5-7-26-8-6-24/h1-4,9H,5-8H2,(H,21,23). The minimum atomic E-state index is -4.48. The van der Waals surface area contributed by atoms with Gasteiger partial charge >= 0.3 is 6.18 Å². The van der Waals surface area contributed by atoms with Gasteiger partial charge in [-0.25, -0.2) is 0 Å². The third kappa shape index (κ3) is 4.23. The van der Waals surface area contributed by atoms with Crippen LogP contribution in [0.2, 0.25) is 5.02 Å². The van der Waals surface area contributed by atoms with Crippen LogP contribution >= 0.6 is 11.6 Å². The molecule has 138 valence electrons. The first kappa shape index (κ1) is 18.4. The average molecular weight is 387 g/mol. The zero-order valence-electron chi connectivity index (χ0n) is 13.4. The second-order valence-electron chi connectivity index (χ2n) is 5.53. The molecule has 10 heteroatoms. The summed E-state index contributed by atoms with van der Waals surface area (Å²) in [5, 5.41) is 10.5. The summed E-state index contributed by atoms with van der Waals surface area (Å²) >= 11 is 5.93. The number of carbonyl (C=O) groups excluding carboxylic acids is 1. The average Bonchev–Trinajstić information content (AvgIpc) is 2.63. The number of hydrogen-bond acceptors (Lipinski definition) is 5. The summed E-state index contributed by atoms with van der Waals surface area (Å²) < 4.78 is 43.6. The summed E-state index contributed by atoms with van der Waals surface area (Å²) in [5.74, 6) is -0.103. The highest BCUT2D eigenvalue weighted by atomic mass is 35.5. The molecule has 1 aliphatic rings. The van der Waals surface area contributed by atoms with Crippen molar-refractivity contribution in [2.24, 2.45) is 0 Å². The highest BCUT2D eigenvalue weighted by molar-refractivity contribution is 6.33. The largest absolute Gasteiger partial charge is 0.416 e. The number of halogens is 4. The molecule has 0 spiro atoms. The van der Waals surface area contributed by atoms with Gasteiger partial charge in [0.1, 0.15) is 0 Å². The Kier molecular flexibility index (Phi) is 5.28. The number of rotatable bonds is 3. The van der Waals surface area contributed by atoms with Gasteiger partial charge in [-0.15, -0.1) is 10.2 Å². The van der Waals surface area contributed by atoms with Gasteiger partial charge in [0.05, 0.1) is 29.5 Å². The van der Waals surface area contributed by atoms with Crippen LogP contribution < -0.4 is 5.32 Å². The lowest BCUT2D eigenvalue weighted by molar-refractivity contribution is -0.137. The van der Waals surface area contributed by atoms with Crippen molar-refractivity contribution in [2.75, 3.05) is 31.6 Å². The number of amides is 1. The van der Waals surface area contributed by atoms with Crippen LogP contribution in [-0.4, -0.2) is 47.3 Å². The Balaban J connectivity index is 1.74. The molecule has 3 rings (SSSR count). The van der Waals surface area contributed by atoms with E-state index in [1.54, 1.807) is 4.90 Å². The van der Waals surface area contributed by atoms with Gasteiger partial charge in [0.15, 0.2) is 11.5 Å². The summed E-state index contributed by atoms with van der Waals surface area (Å²) in [6.07, 6.45) is -4.48. The number of anilines is 2. The van der Waals surface area contributed by atoms with Crippen LogP contribution in [0.5, 0.6) is 0 Å². The molecule has 1 aromatic carbocycles. The lowest BCUT2D eigenvalue weighted by Crippen LogP contribution is -2.41. The van der Waals surface area contributed by atoms with E-state index in [1.165, 1.54) is 12.1 Å². The molecule has 2 aromatic rings. The van der Waals surface area contributed by atoms with Crippen LogP contribution in [0.15, 0.2) is 30.3 Å². The quantitative estimate of drug-likeness (QED) is 0.876. The van der Waals surface area contributed by atoms with E-state index < -0.39 is 11.7 Å². The van der Waals surface area contributed by atoms with Crippen LogP contribution in [0.25, 0.3) is 0 Å². The zero-order chi connectivity index (χ0) is 18.7. The lowest BCUT2D eigenvalue weighted by atomic mass is 10.2. The highest BCUT2D eigenvalue weighted by Gasteiger charge is 2.31. The molecule has 1 amide bonds. The number of aromatic nitrogens is 2. The first-order valence-electron chi connectivity index (χ1n) is 7.69. The number of morpholine rings is 1. The van der Waals surface area contributed by atoms with Crippen LogP contribution in [0.1, 0.15) is 16.1 Å². The minimum absolute atomic E-state index is 0.0445. The van der Waals surface area contributed by atoms with E-state index in [1.807, 2.05) is 0 Å². The monoisotopic (exact) mass is 386 g/mol. The number of carbonyl (C=O) groups is 1. The second kappa shape index (κ2) is 7.46. The number of nitrogens with one attached hydrogen (secondary N) is 1. The van der Waals surface area contributed by atoms with Gasteiger partial charge in [-0.1, -0.05) is 11.6 Å². The van der Waals surface area contributed by atoms with Crippen LogP contribution in [0.3, 0.4) is 0 Å². The third-order valence-corrected chi connectivity index (χ3v) is 4.07. The fourth-order valence-electron chi connectivity index (χ4n) is 2.38. The zero-order valence-corrected chi connectivity index (χ0v) is 14.1. The smallest absolute Gasteiger partial charge is 0.378 e. The summed E-state index contributed by atoms with van der Waals surface area (Å²) in [7, 11) is 0. The van der Waals surface area contributed by atoms with Crippen LogP contribution in [-0.2, 0) is 10.9 Å². The molecule has 1 N–H and O–H groups in total. The maximum atomic E-state index is 12.8. The molecular weight excluding hydrogens is 373 g/mol. The van der Waals surface area contributed by atoms with E-state index in [0.29, 0.717) is 26.3 Å². The molecule has 1 aliphatic heterocycles. The third-order valence-electron chi connectivity index (χ3n) is 3.74. The normalized spacial score (nSPS) is 15.0. The highest BCUT2D eigenvalue weighted by Crippen LogP contribution is 2.34. The van der Waals surface area contributed by atoms with Crippen molar-refractivity contribution in [3.8, 4) is 0 Å². The SMILES string of the molecule is O=C(c1ccc(Nc2cc(C(F)(F)F)ccc2Cl)nn1)N1CCOCC1. The number of alkyl halides is 3. The first-order chi connectivity index (χ1) is 12.3. The van der Waals surface area contributed by atoms with E-state index in [0.717, 1.165) is 18.2 Å². The summed E-state index contributed by atoms with van der Waals surface area (Å²) in [5.41, 5.74) is -0.646. The van der Waals surface area contributed by atoms with Crippen molar-refractivity contribution < 1.29 is 22.7 Å². The maximum absolute atomic E-state index is 12.8. The predicted octanol–water partition coefficient (Wildman–Crippen LogP) is 3.36. The van der Waals surface area contributed by atoms with E-state index in [4.69, 9.17) is 16.3 Å². The summed E-state index contributed by atoms with van der Waals surface area (Å²) in [6.45, 7) is 1.88. The molecule has 2 heterocycles. The Labute approximate surface area is 151 Å². The van der Waals surface area contributed by atoms with Crippen molar-refractivity contribution in [1.29, 1.82) is 0 Å². The number of nitrogens with zero attached hydrogens (tertiary/aromatic N) is 3. The lowest BCUT2D eigenvalue weighted by Gasteiger charge is -2.26. The Morgan fingerprint density at radius 2 is 1.88 bits per heavy atom. The fourth-order valence-corrected chi connectivity index (χ4v) is 2.54. The number of benzene rings is 1. The van der Waals surface area contributed by atoms with Crippen molar-refractivity contribution >= 4 is 29.0 Å². The Morgan fingerprint density at radius 1 is 1.15 bits per heavy atom. The van der Waals surface area contributed by atoms with Crippen molar-refractivity contribution in [1.82, 2.24) is 15.1 Å². The van der Waals surface area contributed by atoms with Gasteiger partial charge in [0, 0.05) is 13.1 Å². The fraction of sp³-hybridized carbons (Fsp3) is 0.312. The van der Waals surface area contributed by atoms with Gasteiger partial charge < -0.3 is 15.0 Å². The molecular formula is C16H14ClF3N4O2. The van der Waals surface area contributed by atoms with Gasteiger partial charge in [0.25, 0.3) is 5.91 Å². The van der Waals surface area contributed by atoms with E-state index in [9.17, 15) is 18.0 Å². The molecule has 1 aromatic heterocycles. The summed E-state index contributed by atoms with van der Waals surface area (Å²) in [6, 6.07) is 5.84. The second-order valence-corrected chi connectivity index (χ2v) is 5.93.